The number of fused-ring (bicyclic) bond motifs is 1. The van der Waals surface area contributed by atoms with Crippen LogP contribution >= 0.6 is 11.8 Å². The molecule has 7 nitrogen and oxygen atoms in total. The maximum atomic E-state index is 14.1. The number of unbranched alkanes of at least 4 members (excludes halogenated alkanes) is 1. The molecule has 0 aliphatic carbocycles. The van der Waals surface area contributed by atoms with Crippen LogP contribution in [-0.4, -0.2) is 80.6 Å². The Balaban J connectivity index is 1.98. The first-order chi connectivity index (χ1) is 15.6. The van der Waals surface area contributed by atoms with E-state index in [0.717, 1.165) is 12.8 Å². The van der Waals surface area contributed by atoms with Crippen LogP contribution in [0, 0.1) is 11.8 Å². The van der Waals surface area contributed by atoms with Gasteiger partial charge in [0.1, 0.15) is 6.04 Å². The molecule has 0 saturated carbocycles. The van der Waals surface area contributed by atoms with Crippen LogP contribution in [0.3, 0.4) is 0 Å². The Labute approximate surface area is 201 Å². The zero-order valence-electron chi connectivity index (χ0n) is 20.1. The molecule has 0 radical (unpaired) electrons. The summed E-state index contributed by atoms with van der Waals surface area (Å²) < 4.78 is 4.89. The molecule has 1 spiro atoms. The highest BCUT2D eigenvalue weighted by molar-refractivity contribution is 8.02. The topological polar surface area (TPSA) is 87.1 Å². The Morgan fingerprint density at radius 3 is 2.64 bits per heavy atom. The molecule has 33 heavy (non-hydrogen) atoms. The van der Waals surface area contributed by atoms with Gasteiger partial charge in [-0.05, 0) is 52.9 Å². The summed E-state index contributed by atoms with van der Waals surface area (Å²) >= 11 is 1.65. The number of nitrogens with zero attached hydrogens (tertiary/aromatic N) is 2. The third-order valence-corrected chi connectivity index (χ3v) is 9.02. The second-order valence-electron chi connectivity index (χ2n) is 10.2. The Morgan fingerprint density at radius 1 is 1.30 bits per heavy atom. The summed E-state index contributed by atoms with van der Waals surface area (Å²) in [6.45, 7) is 14.5. The van der Waals surface area contributed by atoms with Gasteiger partial charge in [0.15, 0.2) is 0 Å². The number of carbonyl (C=O) groups is 3. The summed E-state index contributed by atoms with van der Waals surface area (Å²) in [4.78, 5) is 44.4. The first kappa shape index (κ1) is 25.8. The predicted octanol–water partition coefficient (Wildman–Crippen LogP) is 2.78. The van der Waals surface area contributed by atoms with E-state index in [1.165, 1.54) is 0 Å². The third kappa shape index (κ3) is 4.61. The second-order valence-corrected chi connectivity index (χ2v) is 11.8. The van der Waals surface area contributed by atoms with Crippen molar-refractivity contribution < 1.29 is 24.2 Å². The van der Waals surface area contributed by atoms with Gasteiger partial charge in [0, 0.05) is 30.5 Å². The molecule has 8 heteroatoms. The summed E-state index contributed by atoms with van der Waals surface area (Å²) in [5, 5.41) is 9.26. The quantitative estimate of drug-likeness (QED) is 0.279. The Kier molecular flexibility index (Phi) is 7.99. The number of aliphatic hydroxyl groups is 1. The van der Waals surface area contributed by atoms with Gasteiger partial charge in [-0.15, -0.1) is 24.9 Å². The minimum atomic E-state index is -0.631. The molecule has 0 aromatic rings. The lowest BCUT2D eigenvalue weighted by atomic mass is 9.71. The van der Waals surface area contributed by atoms with Crippen LogP contribution < -0.4 is 0 Å². The molecular formula is C25H38N2O5S. The van der Waals surface area contributed by atoms with E-state index < -0.39 is 28.2 Å². The maximum Gasteiger partial charge on any atom is 0.310 e. The van der Waals surface area contributed by atoms with Crippen molar-refractivity contribution in [3.8, 4) is 0 Å². The molecule has 3 aliphatic rings. The number of ether oxygens (including phenoxy) is 1. The maximum absolute atomic E-state index is 14.1. The molecule has 3 rings (SSSR count). The lowest BCUT2D eigenvalue weighted by molar-refractivity contribution is -0.154. The molecule has 2 amide bonds. The molecule has 3 saturated heterocycles. The van der Waals surface area contributed by atoms with Crippen molar-refractivity contribution >= 4 is 29.5 Å². The fraction of sp³-hybridized carbons (Fsp3) is 0.720. The van der Waals surface area contributed by atoms with Crippen LogP contribution in [0.1, 0.15) is 52.9 Å². The first-order valence-corrected chi connectivity index (χ1v) is 12.8. The Morgan fingerprint density at radius 2 is 2.03 bits per heavy atom. The number of thioether (sulfide) groups is 1. The lowest BCUT2D eigenvalue weighted by Crippen LogP contribution is -2.58. The standard InChI is InChI=1S/C25H38N2O5S/c1-6-8-16-32-23(31)18-17-11-12-25(33-17)19(18)21(29)26(14-9-10-15-28)20(25)22(30)27(13-7-2)24(3,4)5/h6-7,17-20,28H,1-2,8-16H2,3-5H3/t17-,18+,19+,20?,25?/m1/s1. The average Bonchev–Trinajstić information content (AvgIpc) is 3.39. The van der Waals surface area contributed by atoms with Crippen LogP contribution in [0.25, 0.3) is 0 Å². The van der Waals surface area contributed by atoms with Crippen molar-refractivity contribution in [2.45, 2.75) is 74.5 Å². The number of aliphatic hydroxyl groups excluding tert-OH is 1. The first-order valence-electron chi connectivity index (χ1n) is 11.9. The van der Waals surface area contributed by atoms with Crippen molar-refractivity contribution in [3.05, 3.63) is 25.3 Å². The Bertz CT molecular complexity index is 794. The van der Waals surface area contributed by atoms with Gasteiger partial charge in [-0.3, -0.25) is 14.4 Å². The van der Waals surface area contributed by atoms with Crippen LogP contribution in [0.15, 0.2) is 25.3 Å². The van der Waals surface area contributed by atoms with Gasteiger partial charge in [0.05, 0.1) is 23.2 Å². The summed E-state index contributed by atoms with van der Waals surface area (Å²) in [7, 11) is 0. The summed E-state index contributed by atoms with van der Waals surface area (Å²) in [6, 6.07) is -0.631. The molecular weight excluding hydrogens is 440 g/mol. The van der Waals surface area contributed by atoms with Gasteiger partial charge in [-0.25, -0.2) is 0 Å². The molecule has 3 fully saturated rings. The second kappa shape index (κ2) is 10.2. The summed E-state index contributed by atoms with van der Waals surface area (Å²) in [5.41, 5.74) is -0.440. The molecule has 2 bridgehead atoms. The van der Waals surface area contributed by atoms with E-state index in [1.54, 1.807) is 33.7 Å². The number of esters is 1. The predicted molar refractivity (Wildman–Crippen MR) is 130 cm³/mol. The van der Waals surface area contributed by atoms with E-state index in [0.29, 0.717) is 32.4 Å². The number of hydrogen-bond donors (Lipinski definition) is 1. The van der Waals surface area contributed by atoms with Gasteiger partial charge in [-0.1, -0.05) is 12.2 Å². The monoisotopic (exact) mass is 478 g/mol. The smallest absolute Gasteiger partial charge is 0.310 e. The largest absolute Gasteiger partial charge is 0.465 e. The minimum Gasteiger partial charge on any atom is -0.465 e. The number of amides is 2. The number of carbonyl (C=O) groups excluding carboxylic acids is 3. The van der Waals surface area contributed by atoms with E-state index in [2.05, 4.69) is 13.2 Å². The molecule has 1 N–H and O–H groups in total. The van der Waals surface area contributed by atoms with Gasteiger partial charge in [-0.2, -0.15) is 0 Å². The van der Waals surface area contributed by atoms with Gasteiger partial charge in [0.2, 0.25) is 11.8 Å². The van der Waals surface area contributed by atoms with E-state index in [-0.39, 0.29) is 36.2 Å². The molecule has 2 unspecified atom stereocenters. The molecule has 3 aliphatic heterocycles. The average molecular weight is 479 g/mol. The number of hydrogen-bond acceptors (Lipinski definition) is 6. The van der Waals surface area contributed by atoms with Gasteiger partial charge < -0.3 is 19.6 Å². The van der Waals surface area contributed by atoms with Crippen molar-refractivity contribution in [1.82, 2.24) is 9.80 Å². The highest BCUT2D eigenvalue weighted by Gasteiger charge is 2.74. The van der Waals surface area contributed by atoms with E-state index >= 15 is 0 Å². The number of rotatable bonds is 11. The van der Waals surface area contributed by atoms with Crippen LogP contribution in [-0.2, 0) is 19.1 Å². The van der Waals surface area contributed by atoms with Crippen LogP contribution in [0.2, 0.25) is 0 Å². The highest BCUT2D eigenvalue weighted by atomic mass is 32.2. The molecule has 3 heterocycles. The minimum absolute atomic E-state index is 0.00689. The zero-order valence-corrected chi connectivity index (χ0v) is 20.9. The van der Waals surface area contributed by atoms with Gasteiger partial charge >= 0.3 is 5.97 Å². The summed E-state index contributed by atoms with van der Waals surface area (Å²) in [6.07, 6.45) is 6.66. The fourth-order valence-electron chi connectivity index (χ4n) is 5.64. The number of likely N-dealkylation sites (tertiary alicyclic amines) is 1. The zero-order chi connectivity index (χ0) is 24.4. The molecule has 0 aromatic heterocycles. The molecule has 5 atom stereocenters. The normalized spacial score (nSPS) is 30.3. The lowest BCUT2D eigenvalue weighted by Gasteiger charge is -2.42. The Hall–Kier alpha value is -1.80. The van der Waals surface area contributed by atoms with Crippen LogP contribution in [0.5, 0.6) is 0 Å². The van der Waals surface area contributed by atoms with Crippen molar-refractivity contribution in [1.29, 1.82) is 0 Å². The molecule has 184 valence electrons. The SMILES string of the molecule is C=CCCOC(=O)[C@@H]1[C@H]2C(=O)N(CCCCO)C(C(=O)N(CC=C)C(C)(C)C)C23CC[C@H]1S3. The van der Waals surface area contributed by atoms with E-state index in [9.17, 15) is 19.5 Å². The van der Waals surface area contributed by atoms with Crippen molar-refractivity contribution in [2.24, 2.45) is 11.8 Å². The summed E-state index contributed by atoms with van der Waals surface area (Å²) in [5.74, 6) is -1.63. The highest BCUT2D eigenvalue weighted by Crippen LogP contribution is 2.66. The molecule has 0 aromatic carbocycles. The van der Waals surface area contributed by atoms with Gasteiger partial charge in [0.25, 0.3) is 0 Å². The van der Waals surface area contributed by atoms with Crippen LogP contribution in [0.4, 0.5) is 0 Å². The van der Waals surface area contributed by atoms with E-state index in [4.69, 9.17) is 4.74 Å². The fourth-order valence-corrected chi connectivity index (χ4v) is 7.85. The van der Waals surface area contributed by atoms with Crippen molar-refractivity contribution in [3.63, 3.8) is 0 Å². The van der Waals surface area contributed by atoms with E-state index in [1.807, 2.05) is 20.8 Å². The third-order valence-electron chi connectivity index (χ3n) is 7.07. The van der Waals surface area contributed by atoms with Crippen molar-refractivity contribution in [2.75, 3.05) is 26.3 Å².